The number of hydrogen-bond acceptors (Lipinski definition) is 4. The molecule has 0 aromatic rings. The van der Waals surface area contributed by atoms with E-state index < -0.39 is 11.9 Å². The molecule has 0 heterocycles. The van der Waals surface area contributed by atoms with Gasteiger partial charge in [0, 0.05) is 5.97 Å². The maximum Gasteiger partial charge on any atom is 2.00 e. The van der Waals surface area contributed by atoms with Crippen LogP contribution in [0.5, 0.6) is 0 Å². The van der Waals surface area contributed by atoms with Crippen molar-refractivity contribution in [2.45, 2.75) is 58.3 Å². The third kappa shape index (κ3) is 29.5. The number of hydrogen-bond donors (Lipinski definition) is 0. The second-order valence-corrected chi connectivity index (χ2v) is 3.77. The van der Waals surface area contributed by atoms with Crippen molar-refractivity contribution in [2.75, 3.05) is 0 Å². The second kappa shape index (κ2) is 18.7. The number of unbranched alkanes of at least 4 members (excludes halogenated alkanes) is 6. The molecule has 0 aliphatic carbocycles. The normalized spacial score (nSPS) is 8.50. The molecule has 0 atom stereocenters. The van der Waals surface area contributed by atoms with Gasteiger partial charge in [-0.05, 0) is 18.9 Å². The number of carboxylic acid groups (broad SMARTS) is 2. The molecule has 0 rings (SSSR count). The van der Waals surface area contributed by atoms with E-state index in [9.17, 15) is 9.90 Å². The molecule has 0 fully saturated rings. The molecule has 0 aromatic carbocycles. The van der Waals surface area contributed by atoms with E-state index in [-0.39, 0.29) is 25.9 Å². The van der Waals surface area contributed by atoms with Crippen LogP contribution >= 0.6 is 0 Å². The smallest absolute Gasteiger partial charge is 0.550 e. The predicted octanol–water partition coefficient (Wildman–Crippen LogP) is 0.797. The maximum atomic E-state index is 10.0. The molecule has 5 heteroatoms. The van der Waals surface area contributed by atoms with Crippen molar-refractivity contribution in [1.29, 1.82) is 0 Å². The quantitative estimate of drug-likeness (QED) is 0.358. The van der Waals surface area contributed by atoms with Crippen molar-refractivity contribution < 1.29 is 39.3 Å². The fraction of sp³-hybridized carbons (Fsp3) is 0.692. The summed E-state index contributed by atoms with van der Waals surface area (Å²) in [5.74, 6) is -2.14. The first-order valence-electron chi connectivity index (χ1n) is 6.07. The summed E-state index contributed by atoms with van der Waals surface area (Å²) in [4.78, 5) is 19.2. The van der Waals surface area contributed by atoms with Gasteiger partial charge in [-0.15, -0.1) is 0 Å². The van der Waals surface area contributed by atoms with Crippen LogP contribution in [-0.4, -0.2) is 11.9 Å². The molecular weight excluding hydrogens is 286 g/mol. The van der Waals surface area contributed by atoms with Gasteiger partial charge in [0.15, 0.2) is 0 Å². The Morgan fingerprint density at radius 2 is 1.39 bits per heavy atom. The topological polar surface area (TPSA) is 80.3 Å². The van der Waals surface area contributed by atoms with Crippen molar-refractivity contribution in [3.63, 3.8) is 0 Å². The zero-order chi connectivity index (χ0) is 13.5. The van der Waals surface area contributed by atoms with E-state index in [1.54, 1.807) is 0 Å². The number of carbonyl (C=O) groups excluding carboxylic acids is 2. The molecule has 0 spiro atoms. The molecule has 100 valence electrons. The van der Waals surface area contributed by atoms with E-state index in [2.05, 4.69) is 13.5 Å². The van der Waals surface area contributed by atoms with Crippen molar-refractivity contribution >= 4 is 11.9 Å². The fourth-order valence-electron chi connectivity index (χ4n) is 1.23. The molecule has 0 aliphatic rings. The molecule has 0 saturated heterocycles. The average Bonchev–Trinajstić information content (AvgIpc) is 2.28. The minimum atomic E-state index is -1.23. The van der Waals surface area contributed by atoms with Crippen LogP contribution < -0.4 is 10.2 Å². The van der Waals surface area contributed by atoms with Crippen LogP contribution in [0, 0.1) is 0 Å². The summed E-state index contributed by atoms with van der Waals surface area (Å²) in [7, 11) is 0. The SMILES string of the molecule is C=CC(=O)[O-].CCCCCCCCCC(=O)[O-].[Zn+2]. The van der Waals surface area contributed by atoms with E-state index in [1.807, 2.05) is 0 Å². The average molecular weight is 308 g/mol. The minimum Gasteiger partial charge on any atom is -0.550 e. The summed E-state index contributed by atoms with van der Waals surface area (Å²) in [5, 5.41) is 19.2. The van der Waals surface area contributed by atoms with Gasteiger partial charge in [-0.3, -0.25) is 0 Å². The van der Waals surface area contributed by atoms with Gasteiger partial charge in [-0.25, -0.2) is 0 Å². The molecule has 0 aliphatic heterocycles. The van der Waals surface area contributed by atoms with Gasteiger partial charge in [0.2, 0.25) is 0 Å². The standard InChI is InChI=1S/C10H20O2.C3H4O2.Zn/c1-2-3-4-5-6-7-8-9-10(11)12;1-2-3(4)5;/h2-9H2,1H3,(H,11,12);2H,1H2,(H,4,5);/q;;+2/p-2. The van der Waals surface area contributed by atoms with Crippen molar-refractivity contribution in [2.24, 2.45) is 0 Å². The molecule has 0 N–H and O–H groups in total. The van der Waals surface area contributed by atoms with Gasteiger partial charge >= 0.3 is 19.5 Å². The van der Waals surface area contributed by atoms with Crippen LogP contribution in [0.3, 0.4) is 0 Å². The Morgan fingerprint density at radius 1 is 1.00 bits per heavy atom. The summed E-state index contributed by atoms with van der Waals surface area (Å²) in [6.07, 6.45) is 9.06. The van der Waals surface area contributed by atoms with Gasteiger partial charge in [0.25, 0.3) is 0 Å². The van der Waals surface area contributed by atoms with Crippen molar-refractivity contribution in [3.8, 4) is 0 Å². The van der Waals surface area contributed by atoms with Crippen LogP contribution in [0.2, 0.25) is 0 Å². The predicted molar refractivity (Wildman–Crippen MR) is 62.8 cm³/mol. The Kier molecular flexibility index (Phi) is 23.3. The number of carbonyl (C=O) groups is 2. The third-order valence-electron chi connectivity index (χ3n) is 2.15. The summed E-state index contributed by atoms with van der Waals surface area (Å²) in [6, 6.07) is 0. The van der Waals surface area contributed by atoms with Crippen LogP contribution in [0.1, 0.15) is 58.3 Å². The van der Waals surface area contributed by atoms with Gasteiger partial charge in [0.1, 0.15) is 0 Å². The van der Waals surface area contributed by atoms with Gasteiger partial charge in [-0.1, -0.05) is 52.0 Å². The molecule has 0 aromatic heterocycles. The second-order valence-electron chi connectivity index (χ2n) is 3.77. The molecular formula is C13H22O4Zn. The number of aliphatic carboxylic acids is 2. The monoisotopic (exact) mass is 306 g/mol. The Hall–Kier alpha value is -0.697. The van der Waals surface area contributed by atoms with E-state index in [0.717, 1.165) is 18.9 Å². The minimum absolute atomic E-state index is 0. The molecule has 0 saturated carbocycles. The molecule has 0 unspecified atom stereocenters. The number of carboxylic acids is 2. The number of rotatable bonds is 9. The zero-order valence-corrected chi connectivity index (χ0v) is 14.2. The van der Waals surface area contributed by atoms with Crippen molar-refractivity contribution in [3.05, 3.63) is 12.7 Å². The summed E-state index contributed by atoms with van der Waals surface area (Å²) in [6.45, 7) is 5.09. The van der Waals surface area contributed by atoms with Crippen LogP contribution in [-0.2, 0) is 29.1 Å². The van der Waals surface area contributed by atoms with E-state index in [0.29, 0.717) is 0 Å². The van der Waals surface area contributed by atoms with E-state index >= 15 is 0 Å². The third-order valence-corrected chi connectivity index (χ3v) is 2.15. The first-order chi connectivity index (χ1) is 8.04. The van der Waals surface area contributed by atoms with Crippen LogP contribution in [0.15, 0.2) is 12.7 Å². The molecule has 4 nitrogen and oxygen atoms in total. The Bertz CT molecular complexity index is 217. The summed E-state index contributed by atoms with van der Waals surface area (Å²) >= 11 is 0. The Labute approximate surface area is 122 Å². The van der Waals surface area contributed by atoms with Crippen LogP contribution in [0.4, 0.5) is 0 Å². The fourth-order valence-corrected chi connectivity index (χ4v) is 1.23. The Morgan fingerprint density at radius 3 is 1.72 bits per heavy atom. The summed E-state index contributed by atoms with van der Waals surface area (Å²) in [5.41, 5.74) is 0. The van der Waals surface area contributed by atoms with E-state index in [1.165, 1.54) is 32.1 Å². The van der Waals surface area contributed by atoms with Crippen LogP contribution in [0.25, 0.3) is 0 Å². The molecule has 0 amide bonds. The largest absolute Gasteiger partial charge is 2.00 e. The molecule has 0 bridgehead atoms. The Balaban J connectivity index is -0.000000321. The molecule has 0 radical (unpaired) electrons. The van der Waals surface area contributed by atoms with Crippen molar-refractivity contribution in [1.82, 2.24) is 0 Å². The first kappa shape index (κ1) is 22.5. The molecule has 18 heavy (non-hydrogen) atoms. The first-order valence-corrected chi connectivity index (χ1v) is 6.07. The van der Waals surface area contributed by atoms with Gasteiger partial charge in [-0.2, -0.15) is 0 Å². The van der Waals surface area contributed by atoms with Gasteiger partial charge in [0.05, 0.1) is 5.97 Å². The van der Waals surface area contributed by atoms with E-state index in [4.69, 9.17) is 9.90 Å². The summed E-state index contributed by atoms with van der Waals surface area (Å²) < 4.78 is 0. The maximum absolute atomic E-state index is 10.0. The van der Waals surface area contributed by atoms with Gasteiger partial charge < -0.3 is 19.8 Å². The zero-order valence-electron chi connectivity index (χ0n) is 11.3.